The van der Waals surface area contributed by atoms with Crippen molar-refractivity contribution in [3.63, 3.8) is 0 Å². The van der Waals surface area contributed by atoms with E-state index >= 15 is 0 Å². The highest BCUT2D eigenvalue weighted by molar-refractivity contribution is 5.79. The number of carbonyl (C=O) groups excluding carboxylic acids is 2. The van der Waals surface area contributed by atoms with Gasteiger partial charge >= 0.3 is 12.1 Å². The Hall–Kier alpha value is -3.39. The Labute approximate surface area is 205 Å². The minimum Gasteiger partial charge on any atom is -0.481 e. The van der Waals surface area contributed by atoms with E-state index in [0.717, 1.165) is 24.0 Å². The molecule has 1 saturated carbocycles. The number of benzene rings is 2. The predicted octanol–water partition coefficient (Wildman–Crippen LogP) is 3.69. The first-order chi connectivity index (χ1) is 16.9. The summed E-state index contributed by atoms with van der Waals surface area (Å²) >= 11 is 0. The lowest BCUT2D eigenvalue weighted by atomic mass is 9.91. The number of aliphatic carboxylic acids is 1. The molecule has 2 aliphatic carbocycles. The van der Waals surface area contributed by atoms with E-state index in [1.165, 1.54) is 11.1 Å². The average molecular weight is 481 g/mol. The van der Waals surface area contributed by atoms with Gasteiger partial charge in [-0.15, -0.1) is 0 Å². The standard InChI is InChI=1S/C27H32N2O6/c1-27(16-25(31)32,18-10-11-18)29-24(30)12-14-34-15-13-28-26(33)35-17-23-21-8-4-2-6-19(21)20-7-3-5-9-22(20)23/h2-9,18,23H,10-17H2,1H3,(H,28,33)(H,29,30)(H,31,32). The topological polar surface area (TPSA) is 114 Å². The summed E-state index contributed by atoms with van der Waals surface area (Å²) in [6.07, 6.45) is 1.40. The molecule has 0 aliphatic heterocycles. The molecule has 0 bridgehead atoms. The summed E-state index contributed by atoms with van der Waals surface area (Å²) in [4.78, 5) is 35.5. The van der Waals surface area contributed by atoms with Crippen LogP contribution in [-0.2, 0) is 19.1 Å². The van der Waals surface area contributed by atoms with Gasteiger partial charge in [-0.2, -0.15) is 0 Å². The van der Waals surface area contributed by atoms with Crippen LogP contribution in [0, 0.1) is 5.92 Å². The molecule has 0 aromatic heterocycles. The van der Waals surface area contributed by atoms with Gasteiger partial charge in [0.05, 0.1) is 25.2 Å². The fourth-order valence-electron chi connectivity index (χ4n) is 4.85. The number of carboxylic acids is 1. The zero-order chi connectivity index (χ0) is 24.8. The molecule has 4 rings (SSSR count). The highest BCUT2D eigenvalue weighted by Gasteiger charge is 2.43. The summed E-state index contributed by atoms with van der Waals surface area (Å²) in [6.45, 7) is 2.72. The van der Waals surface area contributed by atoms with Crippen LogP contribution in [-0.4, -0.2) is 55.0 Å². The van der Waals surface area contributed by atoms with Crippen molar-refractivity contribution in [3.8, 4) is 11.1 Å². The van der Waals surface area contributed by atoms with Crippen LogP contribution in [0.1, 0.15) is 49.7 Å². The summed E-state index contributed by atoms with van der Waals surface area (Å²) in [5.41, 5.74) is 3.95. The second-order valence-electron chi connectivity index (χ2n) is 9.43. The van der Waals surface area contributed by atoms with Crippen molar-refractivity contribution in [1.82, 2.24) is 10.6 Å². The summed E-state index contributed by atoms with van der Waals surface area (Å²) < 4.78 is 10.9. The molecule has 2 aromatic rings. The Kier molecular flexibility index (Phi) is 7.70. The monoisotopic (exact) mass is 480 g/mol. The fraction of sp³-hybridized carbons (Fsp3) is 0.444. The molecular formula is C27H32N2O6. The molecular weight excluding hydrogens is 448 g/mol. The van der Waals surface area contributed by atoms with Crippen LogP contribution in [0.3, 0.4) is 0 Å². The minimum absolute atomic E-state index is 0.00497. The van der Waals surface area contributed by atoms with E-state index in [9.17, 15) is 14.4 Å². The molecule has 8 heteroatoms. The molecule has 0 saturated heterocycles. The fourth-order valence-corrected chi connectivity index (χ4v) is 4.85. The largest absolute Gasteiger partial charge is 0.481 e. The van der Waals surface area contributed by atoms with Crippen LogP contribution in [0.4, 0.5) is 4.79 Å². The third-order valence-electron chi connectivity index (χ3n) is 6.75. The molecule has 1 atom stereocenters. The molecule has 0 heterocycles. The van der Waals surface area contributed by atoms with Crippen LogP contribution < -0.4 is 10.6 Å². The summed E-state index contributed by atoms with van der Waals surface area (Å²) in [7, 11) is 0. The molecule has 2 amide bonds. The number of rotatable bonds is 12. The van der Waals surface area contributed by atoms with E-state index in [1.54, 1.807) is 6.92 Å². The molecule has 8 nitrogen and oxygen atoms in total. The number of amides is 2. The number of nitrogens with one attached hydrogen (secondary N) is 2. The molecule has 0 spiro atoms. The van der Waals surface area contributed by atoms with Gasteiger partial charge < -0.3 is 25.2 Å². The van der Waals surface area contributed by atoms with Crippen LogP contribution in [0.2, 0.25) is 0 Å². The van der Waals surface area contributed by atoms with Gasteiger partial charge in [0.1, 0.15) is 6.61 Å². The van der Waals surface area contributed by atoms with Gasteiger partial charge in [0.2, 0.25) is 5.91 Å². The third kappa shape index (κ3) is 6.19. The van der Waals surface area contributed by atoms with Crippen molar-refractivity contribution < 1.29 is 29.0 Å². The highest BCUT2D eigenvalue weighted by atomic mass is 16.5. The van der Waals surface area contributed by atoms with Crippen molar-refractivity contribution in [2.45, 2.75) is 44.1 Å². The Morgan fingerprint density at radius 1 is 1.00 bits per heavy atom. The first-order valence-corrected chi connectivity index (χ1v) is 12.1. The maximum absolute atomic E-state index is 12.2. The van der Waals surface area contributed by atoms with E-state index in [2.05, 4.69) is 34.9 Å². The predicted molar refractivity (Wildman–Crippen MR) is 130 cm³/mol. The second kappa shape index (κ2) is 10.9. The molecule has 3 N–H and O–H groups in total. The maximum Gasteiger partial charge on any atom is 0.407 e. The van der Waals surface area contributed by atoms with Crippen molar-refractivity contribution in [2.75, 3.05) is 26.4 Å². The SMILES string of the molecule is CC(CC(=O)O)(NC(=O)CCOCCNC(=O)OCC1c2ccccc2-c2ccccc21)C1CC1. The lowest BCUT2D eigenvalue weighted by Gasteiger charge is -2.29. The van der Waals surface area contributed by atoms with Gasteiger partial charge in [-0.3, -0.25) is 9.59 Å². The van der Waals surface area contributed by atoms with Crippen LogP contribution in [0.5, 0.6) is 0 Å². The maximum atomic E-state index is 12.2. The number of ether oxygens (including phenoxy) is 2. The Morgan fingerprint density at radius 2 is 1.63 bits per heavy atom. The summed E-state index contributed by atoms with van der Waals surface area (Å²) in [5.74, 6) is -0.935. The molecule has 186 valence electrons. The van der Waals surface area contributed by atoms with Gasteiger partial charge in [0, 0.05) is 18.9 Å². The first-order valence-electron chi connectivity index (χ1n) is 12.1. The Balaban J connectivity index is 1.13. The average Bonchev–Trinajstić information content (AvgIpc) is 3.64. The quantitative estimate of drug-likeness (QED) is 0.399. The van der Waals surface area contributed by atoms with Crippen LogP contribution in [0.25, 0.3) is 11.1 Å². The molecule has 2 aliphatic rings. The highest BCUT2D eigenvalue weighted by Crippen LogP contribution is 2.44. The number of carbonyl (C=O) groups is 3. The zero-order valence-electron chi connectivity index (χ0n) is 19.9. The number of hydrogen-bond donors (Lipinski definition) is 3. The Bertz CT molecular complexity index is 1040. The van der Waals surface area contributed by atoms with E-state index in [-0.39, 0.29) is 57.0 Å². The van der Waals surface area contributed by atoms with Gasteiger partial charge in [-0.25, -0.2) is 4.79 Å². The van der Waals surface area contributed by atoms with Gasteiger partial charge in [0.25, 0.3) is 0 Å². The van der Waals surface area contributed by atoms with Crippen LogP contribution >= 0.6 is 0 Å². The zero-order valence-corrected chi connectivity index (χ0v) is 19.9. The second-order valence-corrected chi connectivity index (χ2v) is 9.43. The van der Waals surface area contributed by atoms with Crippen molar-refractivity contribution in [2.24, 2.45) is 5.92 Å². The molecule has 1 fully saturated rings. The van der Waals surface area contributed by atoms with Crippen molar-refractivity contribution in [3.05, 3.63) is 59.7 Å². The molecule has 35 heavy (non-hydrogen) atoms. The molecule has 1 unspecified atom stereocenters. The van der Waals surface area contributed by atoms with Crippen molar-refractivity contribution >= 4 is 18.0 Å². The van der Waals surface area contributed by atoms with Gasteiger partial charge in [-0.05, 0) is 47.9 Å². The normalized spacial score (nSPS) is 16.0. The van der Waals surface area contributed by atoms with Gasteiger partial charge in [0.15, 0.2) is 0 Å². The Morgan fingerprint density at radius 3 is 2.23 bits per heavy atom. The number of fused-ring (bicyclic) bond motifs is 3. The summed E-state index contributed by atoms with van der Waals surface area (Å²) in [6, 6.07) is 16.3. The smallest absolute Gasteiger partial charge is 0.407 e. The lowest BCUT2D eigenvalue weighted by Crippen LogP contribution is -2.49. The van der Waals surface area contributed by atoms with E-state index in [0.29, 0.717) is 0 Å². The first kappa shape index (κ1) is 24.7. The van der Waals surface area contributed by atoms with E-state index in [4.69, 9.17) is 14.6 Å². The minimum atomic E-state index is -0.921. The van der Waals surface area contributed by atoms with E-state index < -0.39 is 17.6 Å². The molecule has 2 aromatic carbocycles. The van der Waals surface area contributed by atoms with Gasteiger partial charge in [-0.1, -0.05) is 48.5 Å². The third-order valence-corrected chi connectivity index (χ3v) is 6.75. The number of alkyl carbamates (subject to hydrolysis) is 1. The summed E-state index contributed by atoms with van der Waals surface area (Å²) in [5, 5.41) is 14.7. The molecule has 0 radical (unpaired) electrons. The number of hydrogen-bond acceptors (Lipinski definition) is 5. The van der Waals surface area contributed by atoms with Crippen molar-refractivity contribution in [1.29, 1.82) is 0 Å². The van der Waals surface area contributed by atoms with Crippen LogP contribution in [0.15, 0.2) is 48.5 Å². The lowest BCUT2D eigenvalue weighted by molar-refractivity contribution is -0.139. The van der Waals surface area contributed by atoms with E-state index in [1.807, 2.05) is 24.3 Å². The number of carboxylic acid groups (broad SMARTS) is 1.